The molecule has 2 amide bonds. The lowest BCUT2D eigenvalue weighted by molar-refractivity contribution is 0.0927. The number of benzene rings is 4. The lowest BCUT2D eigenvalue weighted by Crippen LogP contribution is -2.33. The molecule has 2 atom stereocenters. The monoisotopic (exact) mass is 568 g/mol. The Hall–Kier alpha value is -3.48. The minimum Gasteiger partial charge on any atom is -0.350 e. The van der Waals surface area contributed by atoms with Crippen molar-refractivity contribution >= 4 is 33.4 Å². The molecule has 40 heavy (non-hydrogen) atoms. The number of aryl methyl sites for hydroxylation is 2. The lowest BCUT2D eigenvalue weighted by atomic mass is 10.1. The van der Waals surface area contributed by atoms with Crippen LogP contribution in [0.15, 0.2) is 119 Å². The first kappa shape index (κ1) is 29.5. The van der Waals surface area contributed by atoms with Gasteiger partial charge in [0.2, 0.25) is 0 Å². The standard InChI is InChI=1S/C34H36N2O2S2/c1-25(21-23-27-13-5-3-6-14-27)35-33(37)29-17-9-11-19-31(29)39-40-32-20-12-10-18-30(32)34(38)36-26(2)22-24-28-15-7-4-8-16-28/h3-20,25-26H,21-24H2,1-2H3,(H,35,37)(H,36,38). The molecular weight excluding hydrogens is 533 g/mol. The van der Waals surface area contributed by atoms with E-state index in [9.17, 15) is 9.59 Å². The second-order valence-corrected chi connectivity index (χ2v) is 12.2. The molecule has 0 aromatic heterocycles. The highest BCUT2D eigenvalue weighted by atomic mass is 33.1. The van der Waals surface area contributed by atoms with Crippen molar-refractivity contribution in [3.05, 3.63) is 131 Å². The highest BCUT2D eigenvalue weighted by molar-refractivity contribution is 8.76. The number of nitrogens with one attached hydrogen (secondary N) is 2. The van der Waals surface area contributed by atoms with Gasteiger partial charge in [0.25, 0.3) is 11.8 Å². The van der Waals surface area contributed by atoms with Gasteiger partial charge in [0.1, 0.15) is 0 Å². The summed E-state index contributed by atoms with van der Waals surface area (Å²) in [5, 5.41) is 6.31. The van der Waals surface area contributed by atoms with Gasteiger partial charge in [-0.1, -0.05) is 107 Å². The van der Waals surface area contributed by atoms with Gasteiger partial charge in [-0.3, -0.25) is 9.59 Å². The summed E-state index contributed by atoms with van der Waals surface area (Å²) in [5.41, 5.74) is 3.82. The molecule has 0 heterocycles. The molecule has 4 aromatic rings. The minimum atomic E-state index is -0.0810. The molecule has 0 aliphatic carbocycles. The Bertz CT molecular complexity index is 1270. The zero-order valence-corrected chi connectivity index (χ0v) is 24.6. The molecule has 0 aliphatic heterocycles. The van der Waals surface area contributed by atoms with Crippen LogP contribution in [0.3, 0.4) is 0 Å². The Labute approximate surface area is 245 Å². The summed E-state index contributed by atoms with van der Waals surface area (Å²) in [5.74, 6) is -0.162. The number of carbonyl (C=O) groups excluding carboxylic acids is 2. The van der Waals surface area contributed by atoms with E-state index in [-0.39, 0.29) is 23.9 Å². The molecule has 4 rings (SSSR count). The predicted octanol–water partition coefficient (Wildman–Crippen LogP) is 7.99. The van der Waals surface area contributed by atoms with Gasteiger partial charge in [-0.2, -0.15) is 0 Å². The van der Waals surface area contributed by atoms with Gasteiger partial charge in [0, 0.05) is 21.9 Å². The van der Waals surface area contributed by atoms with Gasteiger partial charge in [0.05, 0.1) is 11.1 Å². The quantitative estimate of drug-likeness (QED) is 0.161. The van der Waals surface area contributed by atoms with Crippen molar-refractivity contribution in [1.82, 2.24) is 10.6 Å². The van der Waals surface area contributed by atoms with Crippen LogP contribution in [0.1, 0.15) is 58.5 Å². The van der Waals surface area contributed by atoms with Gasteiger partial charge in [-0.25, -0.2) is 0 Å². The largest absolute Gasteiger partial charge is 0.350 e. The maximum atomic E-state index is 13.2. The van der Waals surface area contributed by atoms with E-state index < -0.39 is 0 Å². The van der Waals surface area contributed by atoms with Crippen molar-refractivity contribution in [3.8, 4) is 0 Å². The summed E-state index contributed by atoms with van der Waals surface area (Å²) < 4.78 is 0. The average molecular weight is 569 g/mol. The lowest BCUT2D eigenvalue weighted by Gasteiger charge is -2.17. The molecule has 0 spiro atoms. The normalized spacial score (nSPS) is 12.3. The van der Waals surface area contributed by atoms with Crippen LogP contribution in [0.25, 0.3) is 0 Å². The van der Waals surface area contributed by atoms with Gasteiger partial charge < -0.3 is 10.6 Å². The molecule has 0 fully saturated rings. The fraction of sp³-hybridized carbons (Fsp3) is 0.235. The Morgan fingerprint density at radius 1 is 0.550 bits per heavy atom. The number of hydrogen-bond acceptors (Lipinski definition) is 4. The van der Waals surface area contributed by atoms with E-state index in [0.29, 0.717) is 11.1 Å². The molecule has 206 valence electrons. The number of amides is 2. The van der Waals surface area contributed by atoms with Crippen LogP contribution in [0, 0.1) is 0 Å². The Kier molecular flexibility index (Phi) is 11.3. The fourth-order valence-electron chi connectivity index (χ4n) is 4.35. The topological polar surface area (TPSA) is 58.2 Å². The van der Waals surface area contributed by atoms with Crippen molar-refractivity contribution in [3.63, 3.8) is 0 Å². The van der Waals surface area contributed by atoms with E-state index in [1.54, 1.807) is 0 Å². The summed E-state index contributed by atoms with van der Waals surface area (Å²) in [4.78, 5) is 28.1. The minimum absolute atomic E-state index is 0.0479. The molecule has 2 N–H and O–H groups in total. The highest BCUT2D eigenvalue weighted by Crippen LogP contribution is 2.40. The van der Waals surface area contributed by atoms with Crippen molar-refractivity contribution in [2.45, 2.75) is 61.4 Å². The Morgan fingerprint density at radius 3 is 1.30 bits per heavy atom. The SMILES string of the molecule is CC(CCc1ccccc1)NC(=O)c1ccccc1SSc1ccccc1C(=O)NC(C)CCc1ccccc1. The van der Waals surface area contributed by atoms with E-state index in [1.165, 1.54) is 32.7 Å². The van der Waals surface area contributed by atoms with Crippen LogP contribution < -0.4 is 10.6 Å². The number of rotatable bonds is 13. The molecule has 0 saturated carbocycles. The summed E-state index contributed by atoms with van der Waals surface area (Å²) in [6.45, 7) is 4.09. The van der Waals surface area contributed by atoms with Gasteiger partial charge >= 0.3 is 0 Å². The van der Waals surface area contributed by atoms with Crippen LogP contribution in [0.4, 0.5) is 0 Å². The van der Waals surface area contributed by atoms with Crippen molar-refractivity contribution in [2.24, 2.45) is 0 Å². The zero-order chi connectivity index (χ0) is 28.2. The Balaban J connectivity index is 1.33. The summed E-state index contributed by atoms with van der Waals surface area (Å²) in [7, 11) is 3.00. The molecule has 0 radical (unpaired) electrons. The third-order valence-electron chi connectivity index (χ3n) is 6.66. The average Bonchev–Trinajstić information content (AvgIpc) is 2.99. The van der Waals surface area contributed by atoms with Gasteiger partial charge in [-0.15, -0.1) is 0 Å². The van der Waals surface area contributed by atoms with Crippen LogP contribution in [0.2, 0.25) is 0 Å². The molecule has 0 bridgehead atoms. The first-order chi connectivity index (χ1) is 19.5. The van der Waals surface area contributed by atoms with Crippen LogP contribution >= 0.6 is 21.6 Å². The molecular formula is C34H36N2O2S2. The van der Waals surface area contributed by atoms with Crippen molar-refractivity contribution < 1.29 is 9.59 Å². The maximum Gasteiger partial charge on any atom is 0.252 e. The van der Waals surface area contributed by atoms with Crippen molar-refractivity contribution in [2.75, 3.05) is 0 Å². The van der Waals surface area contributed by atoms with Crippen LogP contribution in [0.5, 0.6) is 0 Å². The Morgan fingerprint density at radius 2 is 0.900 bits per heavy atom. The highest BCUT2D eigenvalue weighted by Gasteiger charge is 2.17. The first-order valence-corrected chi connectivity index (χ1v) is 15.9. The van der Waals surface area contributed by atoms with E-state index in [1.807, 2.05) is 98.8 Å². The third-order valence-corrected chi connectivity index (χ3v) is 9.14. The third kappa shape index (κ3) is 9.04. The van der Waals surface area contributed by atoms with Crippen molar-refractivity contribution in [1.29, 1.82) is 0 Å². The summed E-state index contributed by atoms with van der Waals surface area (Å²) >= 11 is 0. The smallest absolute Gasteiger partial charge is 0.252 e. The fourth-order valence-corrected chi connectivity index (χ4v) is 6.71. The number of hydrogen-bond donors (Lipinski definition) is 2. The van der Waals surface area contributed by atoms with Gasteiger partial charge in [-0.05, 0) is 74.9 Å². The van der Waals surface area contributed by atoms with E-state index in [4.69, 9.17) is 0 Å². The summed E-state index contributed by atoms with van der Waals surface area (Å²) in [6.07, 6.45) is 3.56. The molecule has 4 aromatic carbocycles. The maximum absolute atomic E-state index is 13.2. The van der Waals surface area contributed by atoms with Crippen LogP contribution in [-0.2, 0) is 12.8 Å². The molecule has 6 heteroatoms. The zero-order valence-electron chi connectivity index (χ0n) is 23.0. The van der Waals surface area contributed by atoms with Gasteiger partial charge in [0.15, 0.2) is 0 Å². The predicted molar refractivity (Wildman–Crippen MR) is 168 cm³/mol. The second kappa shape index (κ2) is 15.3. The second-order valence-electron chi connectivity index (χ2n) is 9.96. The first-order valence-electron chi connectivity index (χ1n) is 13.7. The molecule has 2 unspecified atom stereocenters. The molecule has 0 aliphatic rings. The molecule has 0 saturated heterocycles. The molecule has 4 nitrogen and oxygen atoms in total. The van der Waals surface area contributed by atoms with Crippen LogP contribution in [-0.4, -0.2) is 23.9 Å². The van der Waals surface area contributed by atoms with E-state index >= 15 is 0 Å². The van der Waals surface area contributed by atoms with E-state index in [2.05, 4.69) is 34.9 Å². The number of carbonyl (C=O) groups is 2. The van der Waals surface area contributed by atoms with E-state index in [0.717, 1.165) is 35.5 Å². The summed E-state index contributed by atoms with van der Waals surface area (Å²) in [6, 6.07) is 36.0.